The third-order valence-corrected chi connectivity index (χ3v) is 7.98. The van der Waals surface area contributed by atoms with Crippen molar-refractivity contribution < 1.29 is 27.2 Å². The summed E-state index contributed by atoms with van der Waals surface area (Å²) in [5, 5.41) is 4.01. The molecule has 1 fully saturated rings. The van der Waals surface area contributed by atoms with Gasteiger partial charge in [0, 0.05) is 55.8 Å². The van der Waals surface area contributed by atoms with Gasteiger partial charge in [-0.05, 0) is 67.8 Å². The van der Waals surface area contributed by atoms with Crippen molar-refractivity contribution in [3.63, 3.8) is 0 Å². The first-order valence-electron chi connectivity index (χ1n) is 13.6. The van der Waals surface area contributed by atoms with Gasteiger partial charge in [0.15, 0.2) is 17.2 Å². The van der Waals surface area contributed by atoms with Gasteiger partial charge in [-0.15, -0.1) is 0 Å². The van der Waals surface area contributed by atoms with Gasteiger partial charge in [-0.25, -0.2) is 8.78 Å². The molecule has 0 bridgehead atoms. The van der Waals surface area contributed by atoms with Gasteiger partial charge in [0.05, 0.1) is 11.3 Å². The van der Waals surface area contributed by atoms with Gasteiger partial charge in [-0.2, -0.15) is 0 Å². The van der Waals surface area contributed by atoms with E-state index in [2.05, 4.69) is 5.32 Å². The zero-order chi connectivity index (χ0) is 29.8. The molecule has 10 heteroatoms. The molecule has 0 spiro atoms. The summed E-state index contributed by atoms with van der Waals surface area (Å²) in [6.07, 6.45) is 5.20. The summed E-state index contributed by atoms with van der Waals surface area (Å²) in [7, 11) is 3.53. The van der Waals surface area contributed by atoms with Gasteiger partial charge >= 0.3 is 0 Å². The number of nitrogens with zero attached hydrogens (tertiary/aromatic N) is 2. The molecule has 42 heavy (non-hydrogen) atoms. The van der Waals surface area contributed by atoms with Crippen molar-refractivity contribution >= 4 is 51.4 Å². The summed E-state index contributed by atoms with van der Waals surface area (Å²) in [6.45, 7) is 1.52. The number of carbonyl (C=O) groups is 2. The second-order valence-electron chi connectivity index (χ2n) is 9.87. The van der Waals surface area contributed by atoms with Crippen LogP contribution in [0.25, 0.3) is 33.3 Å². The summed E-state index contributed by atoms with van der Waals surface area (Å²) in [6, 6.07) is 17.9. The molecule has 7 nitrogen and oxygen atoms in total. The van der Waals surface area contributed by atoms with E-state index >= 15 is 0 Å². The van der Waals surface area contributed by atoms with Crippen LogP contribution in [0.5, 0.6) is 0 Å². The van der Waals surface area contributed by atoms with E-state index in [-0.39, 0.29) is 29.0 Å². The Balaban J connectivity index is 0.000000175. The third kappa shape index (κ3) is 5.99. The summed E-state index contributed by atoms with van der Waals surface area (Å²) >= 11 is 1.58. The maximum Gasteiger partial charge on any atom is 0.289 e. The maximum absolute atomic E-state index is 13.5. The van der Waals surface area contributed by atoms with E-state index < -0.39 is 5.82 Å². The number of rotatable bonds is 5. The van der Waals surface area contributed by atoms with Crippen LogP contribution in [0, 0.1) is 11.6 Å². The van der Waals surface area contributed by atoms with Crippen molar-refractivity contribution in [1.29, 1.82) is 0 Å². The van der Waals surface area contributed by atoms with E-state index in [0.29, 0.717) is 27.9 Å². The number of halogens is 2. The molecule has 0 aliphatic carbocycles. The number of para-hydroxylation sites is 1. The quantitative estimate of drug-likeness (QED) is 0.213. The van der Waals surface area contributed by atoms with Crippen LogP contribution in [0.15, 0.2) is 75.6 Å². The highest BCUT2D eigenvalue weighted by Crippen LogP contribution is 2.36. The van der Waals surface area contributed by atoms with Crippen LogP contribution in [0.3, 0.4) is 0 Å². The van der Waals surface area contributed by atoms with Crippen LogP contribution < -0.4 is 9.62 Å². The number of hydrogen-bond acceptors (Lipinski definition) is 6. The lowest BCUT2D eigenvalue weighted by atomic mass is 10.0. The van der Waals surface area contributed by atoms with Crippen LogP contribution in [-0.4, -0.2) is 50.2 Å². The first kappa shape index (κ1) is 29.2. The second-order valence-corrected chi connectivity index (χ2v) is 10.8. The minimum absolute atomic E-state index is 0.134. The Hall–Kier alpha value is -4.31. The minimum Gasteiger partial charge on any atom is -0.455 e. The smallest absolute Gasteiger partial charge is 0.289 e. The van der Waals surface area contributed by atoms with Gasteiger partial charge in [0.25, 0.3) is 11.8 Å². The number of likely N-dealkylation sites (tertiary alicyclic amines) is 1. The Kier molecular flexibility index (Phi) is 8.82. The van der Waals surface area contributed by atoms with Gasteiger partial charge in [0.2, 0.25) is 0 Å². The molecule has 2 aromatic heterocycles. The van der Waals surface area contributed by atoms with Crippen LogP contribution >= 0.6 is 11.9 Å². The number of hydrogen-bond donors (Lipinski definition) is 1. The molecule has 0 unspecified atom stereocenters. The molecule has 0 saturated carbocycles. The molecule has 6 rings (SSSR count). The average Bonchev–Trinajstić information content (AvgIpc) is 3.64. The fourth-order valence-electron chi connectivity index (χ4n) is 4.93. The topological polar surface area (TPSA) is 78.9 Å². The van der Waals surface area contributed by atoms with Crippen molar-refractivity contribution in [2.75, 3.05) is 37.7 Å². The van der Waals surface area contributed by atoms with E-state index in [1.54, 1.807) is 54.2 Å². The summed E-state index contributed by atoms with van der Waals surface area (Å²) in [5.74, 6) is -0.458. The SMILES string of the molecule is CNC(=O)c1c(-c2ccc(F)cc2)oc2cc(N(C)SC)ccc12.O=C(c1cc2cccc(F)c2o1)N1CCCCC1. The lowest BCUT2D eigenvalue weighted by Crippen LogP contribution is -2.35. The van der Waals surface area contributed by atoms with E-state index in [0.717, 1.165) is 37.0 Å². The lowest BCUT2D eigenvalue weighted by molar-refractivity contribution is 0.0694. The van der Waals surface area contributed by atoms with Crippen molar-refractivity contribution in [2.45, 2.75) is 19.3 Å². The number of piperidine rings is 1. The summed E-state index contributed by atoms with van der Waals surface area (Å²) < 4.78 is 40.0. The van der Waals surface area contributed by atoms with Gasteiger partial charge in [-0.3, -0.25) is 9.59 Å². The molecule has 1 saturated heterocycles. The predicted octanol–water partition coefficient (Wildman–Crippen LogP) is 7.51. The van der Waals surface area contributed by atoms with Crippen molar-refractivity contribution in [3.8, 4) is 11.3 Å². The van der Waals surface area contributed by atoms with Crippen LogP contribution in [-0.2, 0) is 0 Å². The first-order chi connectivity index (χ1) is 20.3. The molecular weight excluding hydrogens is 560 g/mol. The van der Waals surface area contributed by atoms with Crippen molar-refractivity contribution in [2.24, 2.45) is 0 Å². The summed E-state index contributed by atoms with van der Waals surface area (Å²) in [4.78, 5) is 26.3. The number of amides is 2. The van der Waals surface area contributed by atoms with E-state index in [1.165, 1.54) is 24.6 Å². The van der Waals surface area contributed by atoms with Gasteiger partial charge < -0.3 is 23.4 Å². The van der Waals surface area contributed by atoms with Gasteiger partial charge in [-0.1, -0.05) is 24.1 Å². The number of furan rings is 2. The number of fused-ring (bicyclic) bond motifs is 2. The minimum atomic E-state index is -0.426. The molecule has 218 valence electrons. The molecule has 0 atom stereocenters. The number of benzene rings is 3. The fraction of sp³-hybridized carbons (Fsp3) is 0.250. The zero-order valence-corrected chi connectivity index (χ0v) is 24.4. The monoisotopic (exact) mass is 591 g/mol. The number of nitrogens with one attached hydrogen (secondary N) is 1. The molecule has 1 N–H and O–H groups in total. The van der Waals surface area contributed by atoms with E-state index in [9.17, 15) is 18.4 Å². The maximum atomic E-state index is 13.5. The normalized spacial score (nSPS) is 13.1. The molecule has 5 aromatic rings. The highest BCUT2D eigenvalue weighted by Gasteiger charge is 2.23. The van der Waals surface area contributed by atoms with Crippen LogP contribution in [0.2, 0.25) is 0 Å². The van der Waals surface area contributed by atoms with Crippen LogP contribution in [0.4, 0.5) is 14.5 Å². The Morgan fingerprint density at radius 3 is 2.36 bits per heavy atom. The molecular formula is C32H31F2N3O4S. The van der Waals surface area contributed by atoms with Crippen molar-refractivity contribution in [3.05, 3.63) is 89.7 Å². The Labute approximate surface area is 246 Å². The van der Waals surface area contributed by atoms with Crippen molar-refractivity contribution in [1.82, 2.24) is 10.2 Å². The van der Waals surface area contributed by atoms with Crippen LogP contribution in [0.1, 0.15) is 40.2 Å². The Morgan fingerprint density at radius 2 is 1.69 bits per heavy atom. The third-order valence-electron chi connectivity index (χ3n) is 7.22. The Morgan fingerprint density at radius 1 is 0.952 bits per heavy atom. The highest BCUT2D eigenvalue weighted by atomic mass is 32.2. The fourth-order valence-corrected chi connectivity index (χ4v) is 5.25. The molecule has 1 aliphatic heterocycles. The molecule has 0 radical (unpaired) electrons. The second kappa shape index (κ2) is 12.7. The number of carbonyl (C=O) groups excluding carboxylic acids is 2. The summed E-state index contributed by atoms with van der Waals surface area (Å²) in [5.41, 5.74) is 2.87. The zero-order valence-electron chi connectivity index (χ0n) is 23.6. The first-order valence-corrected chi connectivity index (χ1v) is 14.8. The van der Waals surface area contributed by atoms with E-state index in [4.69, 9.17) is 8.83 Å². The number of anilines is 1. The predicted molar refractivity (Wildman–Crippen MR) is 163 cm³/mol. The molecule has 3 heterocycles. The average molecular weight is 592 g/mol. The van der Waals surface area contributed by atoms with E-state index in [1.807, 2.05) is 35.8 Å². The highest BCUT2D eigenvalue weighted by molar-refractivity contribution is 7.99. The van der Waals surface area contributed by atoms with Gasteiger partial charge in [0.1, 0.15) is 17.2 Å². The largest absolute Gasteiger partial charge is 0.455 e. The molecule has 2 amide bonds. The standard InChI is InChI=1S/C18H17FN2O2S.C14H14FNO2/c1-20-18(22)16-14-9-8-13(21(2)24-3)10-15(14)23-17(16)11-4-6-12(19)7-5-11;15-11-6-4-5-10-9-12(18-13(10)11)14(17)16-7-2-1-3-8-16/h4-10H,1-3H3,(H,20,22);4-6,9H,1-3,7-8H2. The molecule has 1 aliphatic rings. The Bertz CT molecular complexity index is 1730. The molecule has 3 aromatic carbocycles. The lowest BCUT2D eigenvalue weighted by Gasteiger charge is -2.25.